The summed E-state index contributed by atoms with van der Waals surface area (Å²) in [4.78, 5) is 11.6. The van der Waals surface area contributed by atoms with Crippen LogP contribution in [-0.4, -0.2) is 29.7 Å². The van der Waals surface area contributed by atoms with Crippen molar-refractivity contribution in [2.75, 3.05) is 18.4 Å². The summed E-state index contributed by atoms with van der Waals surface area (Å²) in [7, 11) is 0. The molecule has 1 aromatic carbocycles. The van der Waals surface area contributed by atoms with E-state index in [2.05, 4.69) is 10.6 Å². The van der Waals surface area contributed by atoms with Crippen molar-refractivity contribution in [3.05, 3.63) is 30.1 Å². The number of rotatable bonds is 7. The van der Waals surface area contributed by atoms with Crippen molar-refractivity contribution in [3.63, 3.8) is 0 Å². The molecule has 0 unspecified atom stereocenters. The van der Waals surface area contributed by atoms with Crippen LogP contribution in [0, 0.1) is 5.82 Å². The van der Waals surface area contributed by atoms with Crippen LogP contribution in [-0.2, 0) is 4.79 Å². The molecule has 0 aliphatic heterocycles. The number of anilines is 1. The van der Waals surface area contributed by atoms with E-state index < -0.39 is 5.60 Å². The smallest absolute Gasteiger partial charge is 0.238 e. The molecule has 4 nitrogen and oxygen atoms in total. The van der Waals surface area contributed by atoms with Crippen LogP contribution < -0.4 is 10.6 Å². The van der Waals surface area contributed by atoms with Crippen LogP contribution in [0.1, 0.15) is 26.7 Å². The van der Waals surface area contributed by atoms with Gasteiger partial charge in [-0.15, -0.1) is 0 Å². The molecule has 0 aliphatic rings. The lowest BCUT2D eigenvalue weighted by atomic mass is 9.98. The molecule has 0 heterocycles. The molecule has 19 heavy (non-hydrogen) atoms. The summed E-state index contributed by atoms with van der Waals surface area (Å²) in [6, 6.07) is 5.58. The summed E-state index contributed by atoms with van der Waals surface area (Å²) < 4.78 is 12.7. The first-order valence-electron chi connectivity index (χ1n) is 6.47. The van der Waals surface area contributed by atoms with E-state index in [1.54, 1.807) is 0 Å². The molecule has 5 heteroatoms. The van der Waals surface area contributed by atoms with Crippen LogP contribution in [0.25, 0.3) is 0 Å². The molecule has 0 radical (unpaired) electrons. The predicted octanol–water partition coefficient (Wildman–Crippen LogP) is 1.90. The van der Waals surface area contributed by atoms with Gasteiger partial charge in [-0.3, -0.25) is 4.79 Å². The van der Waals surface area contributed by atoms with Crippen LogP contribution in [0.15, 0.2) is 24.3 Å². The van der Waals surface area contributed by atoms with Crippen molar-refractivity contribution in [2.24, 2.45) is 0 Å². The van der Waals surface area contributed by atoms with E-state index in [0.29, 0.717) is 25.1 Å². The third kappa shape index (κ3) is 5.36. The molecule has 0 aromatic heterocycles. The second-order valence-corrected chi connectivity index (χ2v) is 4.59. The van der Waals surface area contributed by atoms with Crippen molar-refractivity contribution in [1.29, 1.82) is 0 Å². The summed E-state index contributed by atoms with van der Waals surface area (Å²) in [5.74, 6) is -0.562. The van der Waals surface area contributed by atoms with Crippen LogP contribution in [0.2, 0.25) is 0 Å². The Morgan fingerprint density at radius 1 is 1.26 bits per heavy atom. The first-order valence-corrected chi connectivity index (χ1v) is 6.47. The zero-order valence-electron chi connectivity index (χ0n) is 11.4. The molecule has 0 bridgehead atoms. The maximum Gasteiger partial charge on any atom is 0.238 e. The second-order valence-electron chi connectivity index (χ2n) is 4.59. The van der Waals surface area contributed by atoms with E-state index in [4.69, 9.17) is 0 Å². The number of hydrogen-bond donors (Lipinski definition) is 3. The zero-order chi connectivity index (χ0) is 14.3. The summed E-state index contributed by atoms with van der Waals surface area (Å²) in [6.45, 7) is 4.30. The van der Waals surface area contributed by atoms with E-state index in [1.165, 1.54) is 24.3 Å². The van der Waals surface area contributed by atoms with Crippen LogP contribution in [0.3, 0.4) is 0 Å². The molecule has 0 atom stereocenters. The minimum atomic E-state index is -0.768. The van der Waals surface area contributed by atoms with Gasteiger partial charge in [0, 0.05) is 12.2 Å². The fourth-order valence-corrected chi connectivity index (χ4v) is 1.65. The number of carbonyl (C=O) groups excluding carboxylic acids is 1. The second kappa shape index (κ2) is 7.21. The highest BCUT2D eigenvalue weighted by atomic mass is 19.1. The monoisotopic (exact) mass is 268 g/mol. The SMILES string of the molecule is CCC(O)(CC)CNCC(=O)Nc1ccc(F)cc1. The van der Waals surface area contributed by atoms with Gasteiger partial charge in [-0.1, -0.05) is 13.8 Å². The van der Waals surface area contributed by atoms with Crippen LogP contribution in [0.4, 0.5) is 10.1 Å². The topological polar surface area (TPSA) is 61.4 Å². The van der Waals surface area contributed by atoms with Gasteiger partial charge >= 0.3 is 0 Å². The lowest BCUT2D eigenvalue weighted by Crippen LogP contribution is -2.42. The third-order valence-electron chi connectivity index (χ3n) is 3.18. The molecule has 1 aromatic rings. The number of hydrogen-bond acceptors (Lipinski definition) is 3. The lowest BCUT2D eigenvalue weighted by molar-refractivity contribution is -0.115. The molecular formula is C14H21FN2O2. The first kappa shape index (κ1) is 15.6. The normalized spacial score (nSPS) is 11.4. The van der Waals surface area contributed by atoms with Gasteiger partial charge < -0.3 is 15.7 Å². The van der Waals surface area contributed by atoms with Crippen molar-refractivity contribution < 1.29 is 14.3 Å². The van der Waals surface area contributed by atoms with E-state index >= 15 is 0 Å². The highest BCUT2D eigenvalue weighted by molar-refractivity contribution is 5.92. The molecular weight excluding hydrogens is 247 g/mol. The van der Waals surface area contributed by atoms with E-state index in [1.807, 2.05) is 13.8 Å². The van der Waals surface area contributed by atoms with Crippen molar-refractivity contribution in [2.45, 2.75) is 32.3 Å². The van der Waals surface area contributed by atoms with Gasteiger partial charge in [0.15, 0.2) is 0 Å². The Kier molecular flexibility index (Phi) is 5.92. The van der Waals surface area contributed by atoms with Crippen molar-refractivity contribution >= 4 is 11.6 Å². The number of benzene rings is 1. The van der Waals surface area contributed by atoms with Gasteiger partial charge in [-0.2, -0.15) is 0 Å². The quantitative estimate of drug-likeness (QED) is 0.708. The van der Waals surface area contributed by atoms with Crippen molar-refractivity contribution in [3.8, 4) is 0 Å². The maximum absolute atomic E-state index is 12.7. The maximum atomic E-state index is 12.7. The summed E-state index contributed by atoms with van der Waals surface area (Å²) in [5, 5.41) is 15.6. The van der Waals surface area contributed by atoms with Gasteiger partial charge in [0.05, 0.1) is 12.1 Å². The highest BCUT2D eigenvalue weighted by Gasteiger charge is 2.21. The molecule has 0 aliphatic carbocycles. The Morgan fingerprint density at radius 3 is 2.37 bits per heavy atom. The summed E-state index contributed by atoms with van der Waals surface area (Å²) in [6.07, 6.45) is 1.27. The summed E-state index contributed by atoms with van der Waals surface area (Å²) in [5.41, 5.74) is -0.217. The molecule has 3 N–H and O–H groups in total. The van der Waals surface area contributed by atoms with E-state index in [-0.39, 0.29) is 18.3 Å². The van der Waals surface area contributed by atoms with Gasteiger partial charge in [0.2, 0.25) is 5.91 Å². The first-order chi connectivity index (χ1) is 8.99. The Labute approximate surface area is 113 Å². The van der Waals surface area contributed by atoms with Gasteiger partial charge in [-0.25, -0.2) is 4.39 Å². The van der Waals surface area contributed by atoms with Crippen LogP contribution in [0.5, 0.6) is 0 Å². The Morgan fingerprint density at radius 2 is 1.84 bits per heavy atom. The Bertz CT molecular complexity index is 402. The zero-order valence-corrected chi connectivity index (χ0v) is 11.4. The number of nitrogens with one attached hydrogen (secondary N) is 2. The molecule has 0 spiro atoms. The average Bonchev–Trinajstić information content (AvgIpc) is 2.41. The van der Waals surface area contributed by atoms with E-state index in [9.17, 15) is 14.3 Å². The lowest BCUT2D eigenvalue weighted by Gasteiger charge is -2.25. The number of halogens is 1. The van der Waals surface area contributed by atoms with Crippen LogP contribution >= 0.6 is 0 Å². The molecule has 0 fully saturated rings. The Balaban J connectivity index is 2.34. The minimum Gasteiger partial charge on any atom is -0.389 e. The predicted molar refractivity (Wildman–Crippen MR) is 73.4 cm³/mol. The fourth-order valence-electron chi connectivity index (χ4n) is 1.65. The van der Waals surface area contributed by atoms with Gasteiger partial charge in [0.25, 0.3) is 0 Å². The van der Waals surface area contributed by atoms with Crippen molar-refractivity contribution in [1.82, 2.24) is 5.32 Å². The molecule has 0 saturated carbocycles. The fraction of sp³-hybridized carbons (Fsp3) is 0.500. The third-order valence-corrected chi connectivity index (χ3v) is 3.18. The number of amides is 1. The minimum absolute atomic E-state index is 0.111. The average molecular weight is 268 g/mol. The number of carbonyl (C=O) groups is 1. The van der Waals surface area contributed by atoms with Gasteiger partial charge in [-0.05, 0) is 37.1 Å². The molecule has 1 rings (SSSR count). The largest absolute Gasteiger partial charge is 0.389 e. The number of aliphatic hydroxyl groups is 1. The molecule has 1 amide bonds. The Hall–Kier alpha value is -1.46. The van der Waals surface area contributed by atoms with E-state index in [0.717, 1.165) is 0 Å². The standard InChI is InChI=1S/C14H21FN2O2/c1-3-14(19,4-2)10-16-9-13(18)17-12-7-5-11(15)6-8-12/h5-8,16,19H,3-4,9-10H2,1-2H3,(H,17,18). The molecule has 106 valence electrons. The van der Waals surface area contributed by atoms with Gasteiger partial charge in [0.1, 0.15) is 5.82 Å². The highest BCUT2D eigenvalue weighted by Crippen LogP contribution is 2.12. The summed E-state index contributed by atoms with van der Waals surface area (Å²) >= 11 is 0. The molecule has 0 saturated heterocycles.